The van der Waals surface area contributed by atoms with E-state index in [-0.39, 0.29) is 35.7 Å². The van der Waals surface area contributed by atoms with Gasteiger partial charge in [0.05, 0.1) is 6.10 Å². The van der Waals surface area contributed by atoms with Crippen LogP contribution < -0.4 is 5.14 Å². The Bertz CT molecular complexity index is 211. The topological polar surface area (TPSA) is 69.4 Å². The van der Waals surface area contributed by atoms with Crippen LogP contribution in [0.4, 0.5) is 0 Å². The van der Waals surface area contributed by atoms with Gasteiger partial charge < -0.3 is 0 Å². The molecule has 1 aliphatic carbocycles. The summed E-state index contributed by atoms with van der Waals surface area (Å²) < 4.78 is 25.5. The van der Waals surface area contributed by atoms with E-state index < -0.39 is 10.3 Å². The molecule has 0 heterocycles. The van der Waals surface area contributed by atoms with Crippen molar-refractivity contribution in [3.63, 3.8) is 0 Å². The molecule has 0 aromatic rings. The van der Waals surface area contributed by atoms with Gasteiger partial charge in [0, 0.05) is 0 Å². The van der Waals surface area contributed by atoms with Gasteiger partial charge in [0.25, 0.3) is 0 Å². The Hall–Kier alpha value is 0.870. The van der Waals surface area contributed by atoms with Crippen molar-refractivity contribution in [2.45, 2.75) is 38.2 Å². The molecule has 1 aliphatic rings. The Labute approximate surface area is 95.4 Å². The standard InChI is InChI=1S/C6H13NO3S.Na.H/c7-11(8,9)10-6-4-2-1-3-5-6;;/h6H,1-5H2,(H2,7,8,9);;. The summed E-state index contributed by atoms with van der Waals surface area (Å²) >= 11 is 0. The van der Waals surface area contributed by atoms with Crippen molar-refractivity contribution in [2.24, 2.45) is 5.14 Å². The van der Waals surface area contributed by atoms with E-state index in [9.17, 15) is 8.42 Å². The van der Waals surface area contributed by atoms with Crippen LogP contribution in [0.25, 0.3) is 0 Å². The molecule has 0 atom stereocenters. The van der Waals surface area contributed by atoms with Crippen LogP contribution in [-0.4, -0.2) is 44.1 Å². The molecule has 0 radical (unpaired) electrons. The monoisotopic (exact) mass is 203 g/mol. The van der Waals surface area contributed by atoms with E-state index in [1.165, 1.54) is 6.42 Å². The van der Waals surface area contributed by atoms with Crippen LogP contribution in [0.5, 0.6) is 0 Å². The summed E-state index contributed by atoms with van der Waals surface area (Å²) in [5.41, 5.74) is 0. The third-order valence-corrected chi connectivity index (χ3v) is 2.36. The Kier molecular flexibility index (Phi) is 5.97. The first-order chi connectivity index (χ1) is 5.08. The first-order valence-electron chi connectivity index (χ1n) is 3.79. The summed E-state index contributed by atoms with van der Waals surface area (Å²) in [6.45, 7) is 0. The number of hydrogen-bond donors (Lipinski definition) is 1. The third-order valence-electron chi connectivity index (χ3n) is 1.82. The molecule has 6 heteroatoms. The maximum absolute atomic E-state index is 10.5. The van der Waals surface area contributed by atoms with Gasteiger partial charge in [0.2, 0.25) is 0 Å². The minimum absolute atomic E-state index is 0. The predicted octanol–water partition coefficient (Wildman–Crippen LogP) is -0.109. The SMILES string of the molecule is NS(=O)(=O)OC1CCCCC1.[NaH]. The molecule has 0 amide bonds. The zero-order valence-corrected chi connectivity index (χ0v) is 7.14. The van der Waals surface area contributed by atoms with Crippen molar-refractivity contribution >= 4 is 39.9 Å². The van der Waals surface area contributed by atoms with Crippen LogP contribution in [-0.2, 0) is 14.5 Å². The number of hydrogen-bond acceptors (Lipinski definition) is 3. The molecule has 12 heavy (non-hydrogen) atoms. The van der Waals surface area contributed by atoms with Gasteiger partial charge in [-0.2, -0.15) is 8.42 Å². The average Bonchev–Trinajstić information content (AvgIpc) is 1.85. The molecule has 1 rings (SSSR count). The van der Waals surface area contributed by atoms with E-state index in [4.69, 9.17) is 5.14 Å². The second-order valence-electron chi connectivity index (χ2n) is 2.85. The van der Waals surface area contributed by atoms with Gasteiger partial charge in [-0.3, -0.25) is 4.18 Å². The molecule has 0 aliphatic heterocycles. The predicted molar refractivity (Wildman–Crippen MR) is 48.2 cm³/mol. The Morgan fingerprint density at radius 2 is 1.67 bits per heavy atom. The molecular weight excluding hydrogens is 189 g/mol. The Morgan fingerprint density at radius 3 is 2.08 bits per heavy atom. The molecule has 2 N–H and O–H groups in total. The van der Waals surface area contributed by atoms with Gasteiger partial charge >= 0.3 is 39.9 Å². The average molecular weight is 203 g/mol. The van der Waals surface area contributed by atoms with Crippen LogP contribution in [0.2, 0.25) is 0 Å². The molecule has 0 aromatic carbocycles. The molecule has 0 aromatic heterocycles. The second kappa shape index (κ2) is 5.57. The van der Waals surface area contributed by atoms with E-state index in [1.54, 1.807) is 0 Å². The molecule has 4 nitrogen and oxygen atoms in total. The van der Waals surface area contributed by atoms with E-state index >= 15 is 0 Å². The molecule has 0 spiro atoms. The molecule has 1 saturated carbocycles. The third kappa shape index (κ3) is 5.50. The normalized spacial score (nSPS) is 20.1. The van der Waals surface area contributed by atoms with Crippen molar-refractivity contribution in [3.05, 3.63) is 0 Å². The van der Waals surface area contributed by atoms with Crippen molar-refractivity contribution in [1.82, 2.24) is 0 Å². The fourth-order valence-corrected chi connectivity index (χ4v) is 1.92. The van der Waals surface area contributed by atoms with Gasteiger partial charge in [-0.15, -0.1) is 0 Å². The van der Waals surface area contributed by atoms with Gasteiger partial charge in [0.1, 0.15) is 0 Å². The molecular formula is C6H14NNaO3S. The summed E-state index contributed by atoms with van der Waals surface area (Å²) in [4.78, 5) is 0. The number of nitrogens with two attached hydrogens (primary N) is 1. The summed E-state index contributed by atoms with van der Waals surface area (Å²) in [5, 5.41) is 4.72. The fraction of sp³-hybridized carbons (Fsp3) is 1.00. The van der Waals surface area contributed by atoms with Gasteiger partial charge in [-0.25, -0.2) is 5.14 Å². The fourth-order valence-electron chi connectivity index (χ4n) is 1.35. The molecule has 0 bridgehead atoms. The van der Waals surface area contributed by atoms with Crippen LogP contribution in [0.1, 0.15) is 32.1 Å². The van der Waals surface area contributed by atoms with Gasteiger partial charge in [-0.05, 0) is 12.8 Å². The van der Waals surface area contributed by atoms with E-state index in [0.29, 0.717) is 0 Å². The quantitative estimate of drug-likeness (QED) is 0.637. The zero-order chi connectivity index (χ0) is 8.32. The van der Waals surface area contributed by atoms with Gasteiger partial charge in [-0.1, -0.05) is 19.3 Å². The summed E-state index contributed by atoms with van der Waals surface area (Å²) in [7, 11) is -3.72. The van der Waals surface area contributed by atoms with E-state index in [2.05, 4.69) is 4.18 Å². The molecule has 68 valence electrons. The molecule has 0 unspecified atom stereocenters. The summed E-state index contributed by atoms with van der Waals surface area (Å²) in [6.07, 6.45) is 4.72. The summed E-state index contributed by atoms with van der Waals surface area (Å²) in [5.74, 6) is 0. The summed E-state index contributed by atoms with van der Waals surface area (Å²) in [6, 6.07) is 0. The van der Waals surface area contributed by atoms with E-state index in [0.717, 1.165) is 25.7 Å². The van der Waals surface area contributed by atoms with Crippen LogP contribution in [0.3, 0.4) is 0 Å². The maximum atomic E-state index is 10.5. The Balaban J connectivity index is 0.00000121. The van der Waals surface area contributed by atoms with Crippen molar-refractivity contribution in [2.75, 3.05) is 0 Å². The first-order valence-corrected chi connectivity index (χ1v) is 5.26. The van der Waals surface area contributed by atoms with Crippen LogP contribution in [0, 0.1) is 0 Å². The minimum atomic E-state index is -3.72. The first kappa shape index (κ1) is 12.9. The second-order valence-corrected chi connectivity index (χ2v) is 4.03. The zero-order valence-electron chi connectivity index (χ0n) is 6.32. The van der Waals surface area contributed by atoms with Crippen molar-refractivity contribution < 1.29 is 12.6 Å². The van der Waals surface area contributed by atoms with Crippen molar-refractivity contribution in [3.8, 4) is 0 Å². The molecule has 0 saturated heterocycles. The van der Waals surface area contributed by atoms with E-state index in [1.807, 2.05) is 0 Å². The van der Waals surface area contributed by atoms with Crippen LogP contribution >= 0.6 is 0 Å². The van der Waals surface area contributed by atoms with Crippen LogP contribution in [0.15, 0.2) is 0 Å². The van der Waals surface area contributed by atoms with Crippen molar-refractivity contribution in [1.29, 1.82) is 0 Å². The van der Waals surface area contributed by atoms with Gasteiger partial charge in [0.15, 0.2) is 0 Å². The molecule has 1 fully saturated rings. The number of rotatable bonds is 2. The Morgan fingerprint density at radius 1 is 1.17 bits per heavy atom.